The van der Waals surface area contributed by atoms with Crippen molar-refractivity contribution in [2.24, 2.45) is 0 Å². The van der Waals surface area contributed by atoms with E-state index >= 15 is 0 Å². The largest absolute Gasteiger partial charge is 0.459 e. The van der Waals surface area contributed by atoms with Gasteiger partial charge in [-0.1, -0.05) is 48.5 Å². The van der Waals surface area contributed by atoms with Crippen molar-refractivity contribution in [1.82, 2.24) is 9.71 Å². The van der Waals surface area contributed by atoms with Crippen molar-refractivity contribution in [3.63, 3.8) is 0 Å². The first kappa shape index (κ1) is 20.8. The van der Waals surface area contributed by atoms with Crippen LogP contribution in [0.1, 0.15) is 12.1 Å². The standard InChI is InChI=1S/C23H20N2O5S/c26-22(29-15-20-16-30-23(25-20)18-7-2-1-3-8-18)12-13-24-31(27,28)21-11-10-17-6-4-5-9-19(17)14-21/h1-11,14,16,24H,12-13,15H2. The van der Waals surface area contributed by atoms with Crippen LogP contribution < -0.4 is 4.72 Å². The van der Waals surface area contributed by atoms with Crippen molar-refractivity contribution in [3.05, 3.63) is 84.8 Å². The first-order chi connectivity index (χ1) is 15.0. The minimum Gasteiger partial charge on any atom is -0.459 e. The molecule has 0 aliphatic carbocycles. The van der Waals surface area contributed by atoms with Gasteiger partial charge in [-0.3, -0.25) is 4.79 Å². The summed E-state index contributed by atoms with van der Waals surface area (Å²) in [6, 6.07) is 21.8. The third-order valence-electron chi connectivity index (χ3n) is 4.61. The monoisotopic (exact) mass is 436 g/mol. The minimum absolute atomic E-state index is 0.0490. The third kappa shape index (κ3) is 5.17. The summed E-state index contributed by atoms with van der Waals surface area (Å²) in [4.78, 5) is 16.4. The Hall–Kier alpha value is -3.49. The second-order valence-corrected chi connectivity index (χ2v) is 8.59. The van der Waals surface area contributed by atoms with Crippen LogP contribution in [0.3, 0.4) is 0 Å². The van der Waals surface area contributed by atoms with E-state index in [0.717, 1.165) is 16.3 Å². The fraction of sp³-hybridized carbons (Fsp3) is 0.130. The fourth-order valence-electron chi connectivity index (χ4n) is 3.02. The number of hydrogen-bond donors (Lipinski definition) is 1. The quantitative estimate of drug-likeness (QED) is 0.421. The van der Waals surface area contributed by atoms with Crippen LogP contribution in [0.5, 0.6) is 0 Å². The molecule has 31 heavy (non-hydrogen) atoms. The maximum Gasteiger partial charge on any atom is 0.307 e. The SMILES string of the molecule is O=C(CCNS(=O)(=O)c1ccc2ccccc2c1)OCc1coc(-c2ccccc2)n1. The molecule has 7 nitrogen and oxygen atoms in total. The lowest BCUT2D eigenvalue weighted by Gasteiger charge is -2.08. The smallest absolute Gasteiger partial charge is 0.307 e. The Kier molecular flexibility index (Phi) is 6.11. The molecule has 158 valence electrons. The summed E-state index contributed by atoms with van der Waals surface area (Å²) in [6.45, 7) is -0.116. The predicted octanol–water partition coefficient (Wildman–Crippen LogP) is 3.91. The molecule has 3 aromatic carbocycles. The number of carbonyl (C=O) groups excluding carboxylic acids is 1. The van der Waals surface area contributed by atoms with Crippen molar-refractivity contribution in [1.29, 1.82) is 0 Å². The second kappa shape index (κ2) is 9.11. The molecule has 1 aromatic heterocycles. The van der Waals surface area contributed by atoms with E-state index in [4.69, 9.17) is 9.15 Å². The van der Waals surface area contributed by atoms with Crippen molar-refractivity contribution >= 4 is 26.8 Å². The fourth-order valence-corrected chi connectivity index (χ4v) is 4.09. The summed E-state index contributed by atoms with van der Waals surface area (Å²) in [7, 11) is -3.73. The van der Waals surface area contributed by atoms with Crippen molar-refractivity contribution in [2.45, 2.75) is 17.9 Å². The molecule has 4 rings (SSSR count). The molecule has 0 atom stereocenters. The van der Waals surface area contributed by atoms with E-state index in [1.165, 1.54) is 12.3 Å². The normalized spacial score (nSPS) is 11.5. The topological polar surface area (TPSA) is 98.5 Å². The number of fused-ring (bicyclic) bond motifs is 1. The Labute approximate surface area is 179 Å². The van der Waals surface area contributed by atoms with Gasteiger partial charge in [0.05, 0.1) is 11.3 Å². The number of carbonyl (C=O) groups is 1. The molecular formula is C23H20N2O5S. The summed E-state index contributed by atoms with van der Waals surface area (Å²) in [5.74, 6) is -0.0970. The number of rotatable bonds is 8. The summed E-state index contributed by atoms with van der Waals surface area (Å²) in [6.07, 6.45) is 1.33. The van der Waals surface area contributed by atoms with Crippen molar-refractivity contribution in [3.8, 4) is 11.5 Å². The number of esters is 1. The van der Waals surface area contributed by atoms with Gasteiger partial charge in [-0.15, -0.1) is 0 Å². The number of sulfonamides is 1. The van der Waals surface area contributed by atoms with Crippen LogP contribution >= 0.6 is 0 Å². The summed E-state index contributed by atoms with van der Waals surface area (Å²) < 4.78 is 38.0. The van der Waals surface area contributed by atoms with Gasteiger partial charge in [0.15, 0.2) is 0 Å². The number of aromatic nitrogens is 1. The van der Waals surface area contributed by atoms with Gasteiger partial charge in [0, 0.05) is 12.1 Å². The molecule has 0 amide bonds. The number of nitrogens with zero attached hydrogens (tertiary/aromatic N) is 1. The Morgan fingerprint density at radius 1 is 0.968 bits per heavy atom. The molecule has 0 radical (unpaired) electrons. The van der Waals surface area contributed by atoms with Crippen LogP contribution in [0.4, 0.5) is 0 Å². The molecule has 0 unspecified atom stereocenters. The van der Waals surface area contributed by atoms with Crippen molar-refractivity contribution < 1.29 is 22.4 Å². The molecule has 0 saturated carbocycles. The van der Waals surface area contributed by atoms with Gasteiger partial charge < -0.3 is 9.15 Å². The van der Waals surface area contributed by atoms with E-state index in [1.54, 1.807) is 12.1 Å². The minimum atomic E-state index is -3.73. The molecule has 1 N–H and O–H groups in total. The highest BCUT2D eigenvalue weighted by Gasteiger charge is 2.15. The molecule has 0 fully saturated rings. The highest BCUT2D eigenvalue weighted by molar-refractivity contribution is 7.89. The average molecular weight is 436 g/mol. The van der Waals surface area contributed by atoms with Crippen LogP contribution in [-0.4, -0.2) is 25.9 Å². The zero-order chi connectivity index (χ0) is 21.7. The molecule has 0 aliphatic heterocycles. The third-order valence-corrected chi connectivity index (χ3v) is 6.06. The van der Waals surface area contributed by atoms with Gasteiger partial charge in [0.1, 0.15) is 18.6 Å². The summed E-state index contributed by atoms with van der Waals surface area (Å²) in [5.41, 5.74) is 1.30. The van der Waals surface area contributed by atoms with Crippen LogP contribution in [0.25, 0.3) is 22.2 Å². The Morgan fingerprint density at radius 2 is 1.71 bits per heavy atom. The highest BCUT2D eigenvalue weighted by Crippen LogP contribution is 2.19. The van der Waals surface area contributed by atoms with Gasteiger partial charge in [-0.2, -0.15) is 0 Å². The van der Waals surface area contributed by atoms with Crippen LogP contribution in [0.2, 0.25) is 0 Å². The van der Waals surface area contributed by atoms with Crippen molar-refractivity contribution in [2.75, 3.05) is 6.54 Å². The van der Waals surface area contributed by atoms with Crippen LogP contribution in [0.15, 0.2) is 88.4 Å². The Morgan fingerprint density at radius 3 is 2.52 bits per heavy atom. The predicted molar refractivity (Wildman–Crippen MR) is 115 cm³/mol. The van der Waals surface area contributed by atoms with Gasteiger partial charge in [-0.25, -0.2) is 18.1 Å². The number of ether oxygens (including phenoxy) is 1. The highest BCUT2D eigenvalue weighted by atomic mass is 32.2. The van der Waals surface area contributed by atoms with Crippen LogP contribution in [-0.2, 0) is 26.2 Å². The number of hydrogen-bond acceptors (Lipinski definition) is 6. The van der Waals surface area contributed by atoms with Gasteiger partial charge in [0.2, 0.25) is 15.9 Å². The van der Waals surface area contributed by atoms with Gasteiger partial charge in [-0.05, 0) is 35.0 Å². The van der Waals surface area contributed by atoms with E-state index in [1.807, 2.05) is 54.6 Å². The van der Waals surface area contributed by atoms with Gasteiger partial charge >= 0.3 is 5.97 Å². The number of benzene rings is 3. The van der Waals surface area contributed by atoms with E-state index in [0.29, 0.717) is 11.6 Å². The first-order valence-electron chi connectivity index (χ1n) is 9.65. The van der Waals surface area contributed by atoms with Gasteiger partial charge in [0.25, 0.3) is 0 Å². The lowest BCUT2D eigenvalue weighted by Crippen LogP contribution is -2.26. The summed E-state index contributed by atoms with van der Waals surface area (Å²) >= 11 is 0. The van der Waals surface area contributed by atoms with E-state index in [9.17, 15) is 13.2 Å². The second-order valence-electron chi connectivity index (χ2n) is 6.83. The molecular weight excluding hydrogens is 416 g/mol. The van der Waals surface area contributed by atoms with Crippen LogP contribution in [0, 0.1) is 0 Å². The lowest BCUT2D eigenvalue weighted by molar-refractivity contribution is -0.144. The molecule has 4 aromatic rings. The maximum absolute atomic E-state index is 12.5. The van der Waals surface area contributed by atoms with E-state index in [-0.39, 0.29) is 24.5 Å². The molecule has 0 aliphatic rings. The molecule has 0 spiro atoms. The number of nitrogens with one attached hydrogen (secondary N) is 1. The average Bonchev–Trinajstić information content (AvgIpc) is 3.27. The van der Waals surface area contributed by atoms with E-state index < -0.39 is 16.0 Å². The molecule has 1 heterocycles. The molecule has 0 saturated heterocycles. The Bertz CT molecular complexity index is 1300. The van der Waals surface area contributed by atoms with E-state index in [2.05, 4.69) is 9.71 Å². The zero-order valence-electron chi connectivity index (χ0n) is 16.5. The number of oxazole rings is 1. The Balaban J connectivity index is 1.27. The molecule has 0 bridgehead atoms. The zero-order valence-corrected chi connectivity index (χ0v) is 17.3. The lowest BCUT2D eigenvalue weighted by atomic mass is 10.1. The molecule has 8 heteroatoms. The summed E-state index contributed by atoms with van der Waals surface area (Å²) in [5, 5.41) is 1.78. The first-order valence-corrected chi connectivity index (χ1v) is 11.1. The maximum atomic E-state index is 12.5.